The lowest BCUT2D eigenvalue weighted by atomic mass is 9.93. The van der Waals surface area contributed by atoms with E-state index in [4.69, 9.17) is 11.6 Å². The molecule has 2 unspecified atom stereocenters. The molecule has 0 aromatic carbocycles. The highest BCUT2D eigenvalue weighted by molar-refractivity contribution is 6.20. The van der Waals surface area contributed by atoms with Crippen molar-refractivity contribution in [3.63, 3.8) is 0 Å². The number of halogens is 1. The minimum absolute atomic E-state index is 0.364. The number of hydrogen-bond donors (Lipinski definition) is 0. The number of aromatic nitrogens is 1. The van der Waals surface area contributed by atoms with Crippen molar-refractivity contribution in [1.29, 1.82) is 0 Å². The molecule has 0 spiro atoms. The monoisotopic (exact) mass is 209 g/mol. The van der Waals surface area contributed by atoms with Crippen molar-refractivity contribution in [3.8, 4) is 0 Å². The van der Waals surface area contributed by atoms with Gasteiger partial charge in [0.05, 0.1) is 0 Å². The normalized spacial score (nSPS) is 28.4. The highest BCUT2D eigenvalue weighted by Crippen LogP contribution is 2.33. The van der Waals surface area contributed by atoms with Crippen LogP contribution in [0.3, 0.4) is 0 Å². The molecule has 1 saturated carbocycles. The van der Waals surface area contributed by atoms with Gasteiger partial charge in [-0.05, 0) is 36.8 Å². The quantitative estimate of drug-likeness (QED) is 0.507. The maximum Gasteiger partial charge on any atom is 0.0341 e. The van der Waals surface area contributed by atoms with Crippen LogP contribution in [0, 0.1) is 0 Å². The Morgan fingerprint density at radius 2 is 2.14 bits per heavy atom. The van der Waals surface area contributed by atoms with E-state index in [9.17, 15) is 0 Å². The van der Waals surface area contributed by atoms with Gasteiger partial charge in [0.2, 0.25) is 0 Å². The summed E-state index contributed by atoms with van der Waals surface area (Å²) >= 11 is 6.25. The fourth-order valence-electron chi connectivity index (χ4n) is 2.22. The SMILES string of the molecule is ClC1CCCCC(c2cccnc2)C1. The van der Waals surface area contributed by atoms with Crippen LogP contribution in [0.5, 0.6) is 0 Å². The van der Waals surface area contributed by atoms with E-state index in [1.165, 1.54) is 31.2 Å². The summed E-state index contributed by atoms with van der Waals surface area (Å²) in [6, 6.07) is 4.19. The Morgan fingerprint density at radius 3 is 2.93 bits per heavy atom. The van der Waals surface area contributed by atoms with Crippen molar-refractivity contribution in [2.75, 3.05) is 0 Å². The molecular formula is C12H16ClN. The second-order valence-corrected chi connectivity index (χ2v) is 4.72. The van der Waals surface area contributed by atoms with E-state index in [2.05, 4.69) is 11.1 Å². The van der Waals surface area contributed by atoms with Crippen molar-refractivity contribution in [3.05, 3.63) is 30.1 Å². The molecule has 0 saturated heterocycles. The Labute approximate surface area is 90.5 Å². The van der Waals surface area contributed by atoms with Crippen LogP contribution >= 0.6 is 11.6 Å². The first-order valence-electron chi connectivity index (χ1n) is 5.40. The summed E-state index contributed by atoms with van der Waals surface area (Å²) in [6.45, 7) is 0. The summed E-state index contributed by atoms with van der Waals surface area (Å²) in [5.41, 5.74) is 1.36. The molecule has 14 heavy (non-hydrogen) atoms. The predicted molar refractivity (Wildman–Crippen MR) is 59.7 cm³/mol. The molecule has 1 nitrogen and oxygen atoms in total. The van der Waals surface area contributed by atoms with Gasteiger partial charge in [0.25, 0.3) is 0 Å². The van der Waals surface area contributed by atoms with E-state index >= 15 is 0 Å². The lowest BCUT2D eigenvalue weighted by molar-refractivity contribution is 0.593. The molecule has 0 radical (unpaired) electrons. The van der Waals surface area contributed by atoms with Gasteiger partial charge < -0.3 is 0 Å². The molecule has 1 aromatic rings. The first-order valence-corrected chi connectivity index (χ1v) is 5.84. The van der Waals surface area contributed by atoms with Crippen molar-refractivity contribution in [2.45, 2.75) is 43.4 Å². The van der Waals surface area contributed by atoms with Gasteiger partial charge in [0.15, 0.2) is 0 Å². The minimum Gasteiger partial charge on any atom is -0.264 e. The first-order chi connectivity index (χ1) is 6.86. The fraction of sp³-hybridized carbons (Fsp3) is 0.583. The maximum atomic E-state index is 6.25. The van der Waals surface area contributed by atoms with E-state index in [1.54, 1.807) is 0 Å². The molecule has 0 bridgehead atoms. The van der Waals surface area contributed by atoms with Gasteiger partial charge in [0.1, 0.15) is 0 Å². The fourth-order valence-corrected chi connectivity index (χ4v) is 2.59. The zero-order chi connectivity index (χ0) is 9.80. The van der Waals surface area contributed by atoms with Crippen LogP contribution in [0.4, 0.5) is 0 Å². The molecular weight excluding hydrogens is 194 g/mol. The second-order valence-electron chi connectivity index (χ2n) is 4.10. The third kappa shape index (κ3) is 2.48. The van der Waals surface area contributed by atoms with E-state index in [1.807, 2.05) is 18.5 Å². The molecule has 1 aliphatic rings. The van der Waals surface area contributed by atoms with Gasteiger partial charge >= 0.3 is 0 Å². The van der Waals surface area contributed by atoms with E-state index in [-0.39, 0.29) is 0 Å². The highest BCUT2D eigenvalue weighted by Gasteiger charge is 2.19. The molecule has 2 rings (SSSR count). The van der Waals surface area contributed by atoms with Crippen LogP contribution in [0.25, 0.3) is 0 Å². The van der Waals surface area contributed by atoms with Crippen LogP contribution in [0.2, 0.25) is 0 Å². The number of alkyl halides is 1. The molecule has 1 aliphatic carbocycles. The van der Waals surface area contributed by atoms with Crippen molar-refractivity contribution >= 4 is 11.6 Å². The van der Waals surface area contributed by atoms with Gasteiger partial charge in [-0.3, -0.25) is 4.98 Å². The van der Waals surface area contributed by atoms with Gasteiger partial charge in [0, 0.05) is 17.8 Å². The standard InChI is InChI=1S/C12H16ClN/c13-12-6-2-1-4-10(8-12)11-5-3-7-14-9-11/h3,5,7,9-10,12H,1-2,4,6,8H2. The topological polar surface area (TPSA) is 12.9 Å². The molecule has 1 aromatic heterocycles. The Balaban J connectivity index is 2.09. The number of pyridine rings is 1. The number of rotatable bonds is 1. The second kappa shape index (κ2) is 4.79. The van der Waals surface area contributed by atoms with Gasteiger partial charge in [-0.25, -0.2) is 0 Å². The summed E-state index contributed by atoms with van der Waals surface area (Å²) in [5.74, 6) is 0.633. The highest BCUT2D eigenvalue weighted by atomic mass is 35.5. The summed E-state index contributed by atoms with van der Waals surface area (Å²) in [7, 11) is 0. The predicted octanol–water partition coefficient (Wildman–Crippen LogP) is 3.74. The molecule has 76 valence electrons. The average molecular weight is 210 g/mol. The molecule has 0 amide bonds. The summed E-state index contributed by atoms with van der Waals surface area (Å²) < 4.78 is 0. The third-order valence-corrected chi connectivity index (χ3v) is 3.41. The molecule has 0 aliphatic heterocycles. The Hall–Kier alpha value is -0.560. The van der Waals surface area contributed by atoms with Crippen molar-refractivity contribution in [2.24, 2.45) is 0 Å². The molecule has 1 heterocycles. The van der Waals surface area contributed by atoms with Crippen LogP contribution in [0.15, 0.2) is 24.5 Å². The van der Waals surface area contributed by atoms with Crippen LogP contribution in [-0.4, -0.2) is 10.4 Å². The van der Waals surface area contributed by atoms with E-state index in [0.717, 1.165) is 6.42 Å². The van der Waals surface area contributed by atoms with Crippen LogP contribution in [-0.2, 0) is 0 Å². The number of hydrogen-bond acceptors (Lipinski definition) is 1. The Kier molecular flexibility index (Phi) is 3.41. The zero-order valence-corrected chi connectivity index (χ0v) is 9.08. The summed E-state index contributed by atoms with van der Waals surface area (Å²) in [5, 5.41) is 0.364. The van der Waals surface area contributed by atoms with E-state index < -0.39 is 0 Å². The smallest absolute Gasteiger partial charge is 0.0341 e. The number of nitrogens with zero attached hydrogens (tertiary/aromatic N) is 1. The van der Waals surface area contributed by atoms with Gasteiger partial charge in [-0.15, -0.1) is 11.6 Å². The zero-order valence-electron chi connectivity index (χ0n) is 8.32. The van der Waals surface area contributed by atoms with Gasteiger partial charge in [-0.2, -0.15) is 0 Å². The molecule has 1 fully saturated rings. The van der Waals surface area contributed by atoms with Gasteiger partial charge in [-0.1, -0.05) is 18.9 Å². The lowest BCUT2D eigenvalue weighted by Crippen LogP contribution is -2.04. The molecule has 0 N–H and O–H groups in total. The van der Waals surface area contributed by atoms with Crippen molar-refractivity contribution in [1.82, 2.24) is 4.98 Å². The van der Waals surface area contributed by atoms with Crippen LogP contribution in [0.1, 0.15) is 43.6 Å². The van der Waals surface area contributed by atoms with Crippen LogP contribution < -0.4 is 0 Å². The maximum absolute atomic E-state index is 6.25. The summed E-state index contributed by atoms with van der Waals surface area (Å²) in [4.78, 5) is 4.17. The Bertz CT molecular complexity index is 273. The van der Waals surface area contributed by atoms with E-state index in [0.29, 0.717) is 11.3 Å². The molecule has 2 atom stereocenters. The molecule has 2 heteroatoms. The third-order valence-electron chi connectivity index (χ3n) is 3.02. The van der Waals surface area contributed by atoms with Crippen molar-refractivity contribution < 1.29 is 0 Å². The minimum atomic E-state index is 0.364. The Morgan fingerprint density at radius 1 is 1.29 bits per heavy atom. The first kappa shape index (κ1) is 9.97. The lowest BCUT2D eigenvalue weighted by Gasteiger charge is -2.15. The average Bonchev–Trinajstić information content (AvgIpc) is 2.44. The summed E-state index contributed by atoms with van der Waals surface area (Å²) in [6.07, 6.45) is 9.98. The largest absolute Gasteiger partial charge is 0.264 e.